The Morgan fingerprint density at radius 1 is 1.90 bits per heavy atom. The number of hydrogen-bond donors (Lipinski definition) is 0. The lowest BCUT2D eigenvalue weighted by molar-refractivity contribution is 0.546. The molecule has 1 heterocycles. The summed E-state index contributed by atoms with van der Waals surface area (Å²) in [6.45, 7) is -0.485. The molecule has 4 heteroatoms. The zero-order valence-electron chi connectivity index (χ0n) is 5.87. The maximum absolute atomic E-state index is 11.5. The fourth-order valence-corrected chi connectivity index (χ4v) is 3.44. The lowest BCUT2D eigenvalue weighted by Gasteiger charge is -2.17. The molecule has 0 radical (unpaired) electrons. The van der Waals surface area contributed by atoms with E-state index in [2.05, 4.69) is 5.92 Å². The number of allylic oxidation sites excluding steroid dienone is 1. The Hall–Kier alpha value is -0.320. The fraction of sp³-hybridized carbons (Fsp3) is 0.333. The smallest absolute Gasteiger partial charge is 0.227 e. The largest absolute Gasteiger partial charge is 0.310 e. The van der Waals surface area contributed by atoms with Gasteiger partial charge in [0.2, 0.25) is 6.49 Å². The predicted octanol–water partition coefficient (Wildman–Crippen LogP) is 1.96. The van der Waals surface area contributed by atoms with Gasteiger partial charge in [-0.2, -0.15) is 0 Å². The van der Waals surface area contributed by atoms with Gasteiger partial charge in [-0.25, -0.2) is 0 Å². The van der Waals surface area contributed by atoms with Crippen molar-refractivity contribution in [2.75, 3.05) is 13.7 Å². The van der Waals surface area contributed by atoms with Gasteiger partial charge in [0.05, 0.1) is 0 Å². The van der Waals surface area contributed by atoms with Gasteiger partial charge in [-0.1, -0.05) is 5.92 Å². The number of rotatable bonds is 0. The van der Waals surface area contributed by atoms with Crippen LogP contribution in [-0.2, 0) is 4.57 Å². The zero-order valence-corrected chi connectivity index (χ0v) is 7.58. The Balaban J connectivity index is 2.92. The van der Waals surface area contributed by atoms with E-state index in [0.717, 1.165) is 5.70 Å². The molecule has 10 heavy (non-hydrogen) atoms. The predicted molar refractivity (Wildman–Crippen MR) is 45.8 cm³/mol. The minimum absolute atomic E-state index is 0.718. The number of terminal acetylenes is 1. The van der Waals surface area contributed by atoms with E-state index in [1.807, 2.05) is 0 Å². The average molecular weight is 173 g/mol. The fourth-order valence-electron chi connectivity index (χ4n) is 0.618. The molecule has 54 valence electrons. The average Bonchev–Trinajstić information content (AvgIpc) is 2.10. The maximum atomic E-state index is 11.5. The minimum atomic E-state index is -2.19. The molecule has 0 N–H and O–H groups in total. The molecule has 1 atom stereocenters. The summed E-state index contributed by atoms with van der Waals surface area (Å²) < 4.78 is 13.1. The van der Waals surface area contributed by atoms with Crippen LogP contribution in [0.25, 0.3) is 0 Å². The molecule has 0 fully saturated rings. The quantitative estimate of drug-likeness (QED) is 0.412. The van der Waals surface area contributed by atoms with Gasteiger partial charge < -0.3 is 4.67 Å². The second-order valence-corrected chi connectivity index (χ2v) is 7.40. The summed E-state index contributed by atoms with van der Waals surface area (Å²) in [5.41, 5.74) is 0.718. The van der Waals surface area contributed by atoms with E-state index in [1.165, 1.54) is 11.4 Å². The Bertz CT molecular complexity index is 265. The van der Waals surface area contributed by atoms with Crippen molar-refractivity contribution in [2.24, 2.45) is 0 Å². The van der Waals surface area contributed by atoms with Gasteiger partial charge in [0, 0.05) is 19.1 Å². The van der Waals surface area contributed by atoms with Crippen LogP contribution in [0.15, 0.2) is 11.1 Å². The monoisotopic (exact) mass is 173 g/mol. The van der Waals surface area contributed by atoms with E-state index < -0.39 is 6.49 Å². The number of nitrogens with zero attached hydrogens (tertiary/aromatic N) is 1. The first-order valence-corrected chi connectivity index (χ1v) is 6.34. The Kier molecular flexibility index (Phi) is 1.85. The summed E-state index contributed by atoms with van der Waals surface area (Å²) in [7, 11) is 1.76. The third-order valence-electron chi connectivity index (χ3n) is 1.40. The van der Waals surface area contributed by atoms with Crippen molar-refractivity contribution in [3.63, 3.8) is 0 Å². The van der Waals surface area contributed by atoms with Crippen molar-refractivity contribution < 1.29 is 4.57 Å². The molecule has 1 aliphatic rings. The molecule has 0 spiro atoms. The molecule has 0 aromatic carbocycles. The minimum Gasteiger partial charge on any atom is -0.310 e. The van der Waals surface area contributed by atoms with Crippen LogP contribution < -0.4 is 0 Å². The van der Waals surface area contributed by atoms with Gasteiger partial charge in [-0.15, -0.1) is 6.42 Å². The third-order valence-corrected chi connectivity index (χ3v) is 5.65. The highest BCUT2D eigenvalue weighted by molar-refractivity contribution is 8.59. The van der Waals surface area contributed by atoms with Crippen LogP contribution >= 0.6 is 17.9 Å². The molecular formula is C6H8NOPS. The van der Waals surface area contributed by atoms with Crippen molar-refractivity contribution in [3.05, 3.63) is 11.1 Å². The second kappa shape index (κ2) is 2.38. The van der Waals surface area contributed by atoms with Crippen LogP contribution in [0.3, 0.4) is 0 Å². The van der Waals surface area contributed by atoms with Gasteiger partial charge in [0.15, 0.2) is 0 Å². The first kappa shape index (κ1) is 7.78. The highest BCUT2D eigenvalue weighted by atomic mass is 32.7. The molecule has 1 aliphatic heterocycles. The van der Waals surface area contributed by atoms with Gasteiger partial charge in [-0.05, 0) is 11.4 Å². The van der Waals surface area contributed by atoms with Crippen LogP contribution in [0.2, 0.25) is 0 Å². The van der Waals surface area contributed by atoms with Gasteiger partial charge in [0.25, 0.3) is 0 Å². The lowest BCUT2D eigenvalue weighted by atomic mass is 10.5. The molecule has 1 rings (SSSR count). The van der Waals surface area contributed by atoms with Gasteiger partial charge in [-0.3, -0.25) is 4.57 Å². The van der Waals surface area contributed by atoms with Crippen LogP contribution in [0.5, 0.6) is 0 Å². The Morgan fingerprint density at radius 2 is 2.50 bits per heavy atom. The zero-order chi connectivity index (χ0) is 7.78. The summed E-state index contributed by atoms with van der Waals surface area (Å²) in [5.74, 6) is 2.46. The lowest BCUT2D eigenvalue weighted by Crippen LogP contribution is -2.05. The van der Waals surface area contributed by atoms with Crippen LogP contribution in [0.4, 0.5) is 0 Å². The summed E-state index contributed by atoms with van der Waals surface area (Å²) in [6, 6.07) is 0. The first-order chi connectivity index (χ1) is 4.58. The van der Waals surface area contributed by atoms with Crippen molar-refractivity contribution in [1.29, 1.82) is 0 Å². The molecule has 0 aromatic heterocycles. The van der Waals surface area contributed by atoms with Crippen molar-refractivity contribution in [2.45, 2.75) is 0 Å². The molecule has 0 saturated heterocycles. The van der Waals surface area contributed by atoms with Crippen molar-refractivity contribution >= 4 is 17.9 Å². The third kappa shape index (κ3) is 1.10. The van der Waals surface area contributed by atoms with Crippen LogP contribution in [0.1, 0.15) is 0 Å². The SMILES string of the molecule is C#CC1=CSP(C)(=O)N1C. The van der Waals surface area contributed by atoms with Crippen molar-refractivity contribution in [3.8, 4) is 12.3 Å². The Labute approximate surface area is 64.8 Å². The van der Waals surface area contributed by atoms with E-state index in [4.69, 9.17) is 6.42 Å². The summed E-state index contributed by atoms with van der Waals surface area (Å²) in [4.78, 5) is 0. The second-order valence-electron chi connectivity index (χ2n) is 2.08. The Morgan fingerprint density at radius 3 is 2.70 bits per heavy atom. The van der Waals surface area contributed by atoms with Gasteiger partial charge >= 0.3 is 0 Å². The van der Waals surface area contributed by atoms with Crippen LogP contribution in [-0.4, -0.2) is 18.4 Å². The standard InChI is InChI=1S/C6H8NOPS/c1-4-6-5-10-9(3,8)7(6)2/h1,5H,2-3H3. The van der Waals surface area contributed by atoms with Crippen molar-refractivity contribution in [1.82, 2.24) is 4.67 Å². The topological polar surface area (TPSA) is 20.3 Å². The number of hydrogen-bond acceptors (Lipinski definition) is 2. The highest BCUT2D eigenvalue weighted by Gasteiger charge is 2.28. The molecule has 0 aliphatic carbocycles. The summed E-state index contributed by atoms with van der Waals surface area (Å²) >= 11 is 1.32. The highest BCUT2D eigenvalue weighted by Crippen LogP contribution is 2.64. The molecular weight excluding hydrogens is 165 g/mol. The van der Waals surface area contributed by atoms with E-state index >= 15 is 0 Å². The summed E-state index contributed by atoms with van der Waals surface area (Å²) in [6.07, 6.45) is 5.15. The molecule has 1 unspecified atom stereocenters. The van der Waals surface area contributed by atoms with E-state index in [0.29, 0.717) is 0 Å². The molecule has 2 nitrogen and oxygen atoms in total. The molecule has 0 bridgehead atoms. The summed E-state index contributed by atoms with van der Waals surface area (Å²) in [5, 5.41) is 1.76. The van der Waals surface area contributed by atoms with Crippen LogP contribution in [0, 0.1) is 12.3 Å². The maximum Gasteiger partial charge on any atom is 0.227 e. The molecule has 0 amide bonds. The van der Waals surface area contributed by atoms with E-state index in [9.17, 15) is 4.57 Å². The normalized spacial score (nSPS) is 31.7. The first-order valence-electron chi connectivity index (χ1n) is 2.75. The van der Waals surface area contributed by atoms with Gasteiger partial charge in [0.1, 0.15) is 5.70 Å². The van der Waals surface area contributed by atoms with E-state index in [-0.39, 0.29) is 0 Å². The molecule has 0 saturated carbocycles. The van der Waals surface area contributed by atoms with E-state index in [1.54, 1.807) is 23.8 Å². The molecule has 0 aromatic rings.